The van der Waals surface area contributed by atoms with Gasteiger partial charge in [0, 0.05) is 32.7 Å². The van der Waals surface area contributed by atoms with Crippen molar-refractivity contribution in [2.75, 3.05) is 31.4 Å². The lowest BCUT2D eigenvalue weighted by Gasteiger charge is -2.11. The molecule has 4 nitrogen and oxygen atoms in total. The second-order valence-electron chi connectivity index (χ2n) is 3.69. The molecular formula is C10H17N3OS. The lowest BCUT2D eigenvalue weighted by Crippen LogP contribution is -2.12. The Hall–Kier alpha value is -0.810. The molecule has 0 aliphatic rings. The van der Waals surface area contributed by atoms with E-state index in [9.17, 15) is 0 Å². The fourth-order valence-electron chi connectivity index (χ4n) is 0.909. The van der Waals surface area contributed by atoms with Gasteiger partial charge in [-0.2, -0.15) is 0 Å². The van der Waals surface area contributed by atoms with Gasteiger partial charge in [-0.15, -0.1) is 11.8 Å². The molecule has 15 heavy (non-hydrogen) atoms. The molecule has 0 bridgehead atoms. The van der Waals surface area contributed by atoms with Crippen molar-refractivity contribution in [3.8, 4) is 0 Å². The van der Waals surface area contributed by atoms with Crippen molar-refractivity contribution in [1.29, 1.82) is 0 Å². The Labute approximate surface area is 94.7 Å². The van der Waals surface area contributed by atoms with Gasteiger partial charge in [0.15, 0.2) is 0 Å². The molecule has 0 aliphatic heterocycles. The summed E-state index contributed by atoms with van der Waals surface area (Å²) < 4.78 is 0. The van der Waals surface area contributed by atoms with Gasteiger partial charge in [-0.05, 0) is 12.0 Å². The maximum absolute atomic E-state index is 8.90. The summed E-state index contributed by atoms with van der Waals surface area (Å²) in [5, 5.41) is 9.85. The van der Waals surface area contributed by atoms with Crippen LogP contribution in [0.1, 0.15) is 6.92 Å². The first-order valence-corrected chi connectivity index (χ1v) is 5.86. The zero-order valence-corrected chi connectivity index (χ0v) is 10.2. The summed E-state index contributed by atoms with van der Waals surface area (Å²) in [6.45, 7) is 2.24. The second kappa shape index (κ2) is 5.92. The first-order chi connectivity index (χ1) is 7.13. The summed E-state index contributed by atoms with van der Waals surface area (Å²) in [4.78, 5) is 10.4. The number of aliphatic hydroxyl groups excluding tert-OH is 1. The van der Waals surface area contributed by atoms with E-state index in [0.717, 1.165) is 16.7 Å². The number of thioether (sulfide) groups is 1. The number of aliphatic hydroxyl groups is 1. The van der Waals surface area contributed by atoms with E-state index in [1.54, 1.807) is 18.0 Å². The molecule has 0 fully saturated rings. The Kier molecular flexibility index (Phi) is 4.84. The van der Waals surface area contributed by atoms with Crippen LogP contribution in [-0.2, 0) is 0 Å². The lowest BCUT2D eigenvalue weighted by molar-refractivity contribution is 0.250. The number of rotatable bonds is 5. The molecule has 1 rings (SSSR count). The van der Waals surface area contributed by atoms with E-state index in [-0.39, 0.29) is 6.61 Å². The third kappa shape index (κ3) is 4.05. The van der Waals surface area contributed by atoms with E-state index >= 15 is 0 Å². The maximum Gasteiger partial charge on any atom is 0.225 e. The number of hydrogen-bond donors (Lipinski definition) is 1. The summed E-state index contributed by atoms with van der Waals surface area (Å²) >= 11 is 1.65. The minimum atomic E-state index is 0.221. The molecule has 0 saturated heterocycles. The average Bonchev–Trinajstić information content (AvgIpc) is 2.26. The first kappa shape index (κ1) is 12.3. The zero-order valence-electron chi connectivity index (χ0n) is 9.34. The van der Waals surface area contributed by atoms with Gasteiger partial charge in [0.1, 0.15) is 5.03 Å². The standard InChI is InChI=1S/C10H17N3OS/c1-8(6-14)7-15-9-4-5-11-10(12-9)13(2)3/h4-5,8,14H,6-7H2,1-3H3. The van der Waals surface area contributed by atoms with Crippen molar-refractivity contribution >= 4 is 17.7 Å². The molecule has 5 heteroatoms. The Morgan fingerprint density at radius 3 is 2.87 bits per heavy atom. The zero-order chi connectivity index (χ0) is 11.3. The van der Waals surface area contributed by atoms with Crippen LogP contribution in [-0.4, -0.2) is 41.5 Å². The molecule has 1 N–H and O–H groups in total. The van der Waals surface area contributed by atoms with Gasteiger partial charge in [0.2, 0.25) is 5.95 Å². The largest absolute Gasteiger partial charge is 0.396 e. The molecule has 1 unspecified atom stereocenters. The van der Waals surface area contributed by atoms with Gasteiger partial charge < -0.3 is 10.0 Å². The predicted octanol–water partition coefficient (Wildman–Crippen LogP) is 1.26. The van der Waals surface area contributed by atoms with E-state index < -0.39 is 0 Å². The highest BCUT2D eigenvalue weighted by Crippen LogP contribution is 2.19. The van der Waals surface area contributed by atoms with E-state index in [4.69, 9.17) is 5.11 Å². The van der Waals surface area contributed by atoms with Crippen molar-refractivity contribution < 1.29 is 5.11 Å². The molecule has 0 amide bonds. The van der Waals surface area contributed by atoms with E-state index in [2.05, 4.69) is 9.97 Å². The van der Waals surface area contributed by atoms with Crippen LogP contribution in [0.3, 0.4) is 0 Å². The summed E-state index contributed by atoms with van der Waals surface area (Å²) in [6, 6.07) is 1.89. The van der Waals surface area contributed by atoms with Gasteiger partial charge in [-0.1, -0.05) is 6.92 Å². The van der Waals surface area contributed by atoms with Crippen LogP contribution >= 0.6 is 11.8 Å². The highest BCUT2D eigenvalue weighted by Gasteiger charge is 2.04. The summed E-state index contributed by atoms with van der Waals surface area (Å²) in [5.41, 5.74) is 0. The highest BCUT2D eigenvalue weighted by atomic mass is 32.2. The van der Waals surface area contributed by atoms with Crippen LogP contribution in [0.4, 0.5) is 5.95 Å². The predicted molar refractivity (Wildman–Crippen MR) is 63.3 cm³/mol. The van der Waals surface area contributed by atoms with Crippen molar-refractivity contribution in [3.63, 3.8) is 0 Å². The molecule has 0 spiro atoms. The van der Waals surface area contributed by atoms with Crippen LogP contribution in [0, 0.1) is 5.92 Å². The van der Waals surface area contributed by atoms with Crippen LogP contribution in [0.5, 0.6) is 0 Å². The van der Waals surface area contributed by atoms with Gasteiger partial charge in [-0.3, -0.25) is 0 Å². The monoisotopic (exact) mass is 227 g/mol. The molecule has 0 saturated carbocycles. The SMILES string of the molecule is CC(CO)CSc1ccnc(N(C)C)n1. The Balaban J connectivity index is 2.58. The lowest BCUT2D eigenvalue weighted by atomic mass is 10.2. The van der Waals surface area contributed by atoms with Crippen LogP contribution < -0.4 is 4.90 Å². The van der Waals surface area contributed by atoms with Gasteiger partial charge in [0.25, 0.3) is 0 Å². The topological polar surface area (TPSA) is 49.3 Å². The van der Waals surface area contributed by atoms with Gasteiger partial charge in [-0.25, -0.2) is 9.97 Å². The molecule has 1 atom stereocenters. The highest BCUT2D eigenvalue weighted by molar-refractivity contribution is 7.99. The molecule has 1 aromatic rings. The first-order valence-electron chi connectivity index (χ1n) is 4.87. The van der Waals surface area contributed by atoms with E-state index in [1.165, 1.54) is 0 Å². The van der Waals surface area contributed by atoms with Crippen LogP contribution in [0.25, 0.3) is 0 Å². The third-order valence-electron chi connectivity index (χ3n) is 1.84. The Bertz CT molecular complexity index is 306. The number of anilines is 1. The summed E-state index contributed by atoms with van der Waals surface area (Å²) in [7, 11) is 3.83. The third-order valence-corrected chi connectivity index (χ3v) is 3.10. The molecule has 0 aliphatic carbocycles. The minimum Gasteiger partial charge on any atom is -0.396 e. The molecule has 1 heterocycles. The van der Waals surface area contributed by atoms with Crippen LogP contribution in [0.15, 0.2) is 17.3 Å². The van der Waals surface area contributed by atoms with E-state index in [0.29, 0.717) is 5.92 Å². The minimum absolute atomic E-state index is 0.221. The molecule has 0 radical (unpaired) electrons. The van der Waals surface area contributed by atoms with E-state index in [1.807, 2.05) is 32.0 Å². The Morgan fingerprint density at radius 2 is 2.27 bits per heavy atom. The van der Waals surface area contributed by atoms with Gasteiger partial charge >= 0.3 is 0 Å². The number of aromatic nitrogens is 2. The molecule has 84 valence electrons. The molecule has 1 aromatic heterocycles. The quantitative estimate of drug-likeness (QED) is 0.606. The summed E-state index contributed by atoms with van der Waals surface area (Å²) in [5.74, 6) is 1.89. The smallest absolute Gasteiger partial charge is 0.225 e. The average molecular weight is 227 g/mol. The molecular weight excluding hydrogens is 210 g/mol. The fourth-order valence-corrected chi connectivity index (χ4v) is 1.77. The Morgan fingerprint density at radius 1 is 1.53 bits per heavy atom. The van der Waals surface area contributed by atoms with Crippen molar-refractivity contribution in [3.05, 3.63) is 12.3 Å². The van der Waals surface area contributed by atoms with Crippen molar-refractivity contribution in [1.82, 2.24) is 9.97 Å². The van der Waals surface area contributed by atoms with Crippen molar-refractivity contribution in [2.24, 2.45) is 5.92 Å². The second-order valence-corrected chi connectivity index (χ2v) is 4.73. The summed E-state index contributed by atoms with van der Waals surface area (Å²) in [6.07, 6.45) is 1.76. The van der Waals surface area contributed by atoms with Crippen LogP contribution in [0.2, 0.25) is 0 Å². The van der Waals surface area contributed by atoms with Gasteiger partial charge in [0.05, 0.1) is 0 Å². The van der Waals surface area contributed by atoms with Crippen molar-refractivity contribution in [2.45, 2.75) is 11.9 Å². The fraction of sp³-hybridized carbons (Fsp3) is 0.600. The molecule has 0 aromatic carbocycles. The maximum atomic E-state index is 8.90. The normalized spacial score (nSPS) is 12.5. The number of nitrogens with zero attached hydrogens (tertiary/aromatic N) is 3. The number of hydrogen-bond acceptors (Lipinski definition) is 5.